The highest BCUT2D eigenvalue weighted by Gasteiger charge is 2.42. The number of benzene rings is 1. The Hall–Kier alpha value is -1.98. The molecule has 1 aromatic heterocycles. The van der Waals surface area contributed by atoms with Crippen LogP contribution in [0.3, 0.4) is 0 Å². The average Bonchev–Trinajstić information content (AvgIpc) is 3.52. The van der Waals surface area contributed by atoms with Gasteiger partial charge in [0.25, 0.3) is 5.91 Å². The number of halogens is 7. The van der Waals surface area contributed by atoms with E-state index in [9.17, 15) is 26.7 Å². The van der Waals surface area contributed by atoms with E-state index in [1.165, 1.54) is 11.9 Å². The van der Waals surface area contributed by atoms with Crippen LogP contribution in [0.4, 0.5) is 22.0 Å². The molecule has 5 nitrogen and oxygen atoms in total. The molecule has 1 heterocycles. The maximum atomic E-state index is 14.3. The molecular weight excluding hydrogens is 490 g/mol. The van der Waals surface area contributed by atoms with Crippen LogP contribution < -0.4 is 14.2 Å². The van der Waals surface area contributed by atoms with Gasteiger partial charge in [-0.1, -0.05) is 23.2 Å². The van der Waals surface area contributed by atoms with Gasteiger partial charge >= 0.3 is 12.3 Å². The first-order valence-electron chi connectivity index (χ1n) is 8.64. The fraction of sp³-hybridized carbons (Fsp3) is 0.333. The number of nitrogens with one attached hydrogen (secondary N) is 1. The lowest BCUT2D eigenvalue weighted by atomic mass is 10.2. The minimum Gasteiger partial charge on any atom is -0.470 e. The maximum Gasteiger partial charge on any atom is 0.340 e. The highest BCUT2D eigenvalue weighted by Crippen LogP contribution is 2.36. The molecular formula is C18H13Cl2F5N2O3S. The molecule has 0 aliphatic heterocycles. The van der Waals surface area contributed by atoms with Crippen LogP contribution in [-0.4, -0.2) is 35.1 Å². The van der Waals surface area contributed by atoms with Crippen LogP contribution >= 0.6 is 35.1 Å². The minimum atomic E-state index is -4.38. The highest BCUT2D eigenvalue weighted by molar-refractivity contribution is 7.98. The molecule has 0 radical (unpaired) electrons. The number of carbonyl (C=O) groups is 1. The van der Waals surface area contributed by atoms with Gasteiger partial charge in [0.2, 0.25) is 5.88 Å². The molecule has 1 aliphatic carbocycles. The molecule has 1 aliphatic rings. The van der Waals surface area contributed by atoms with Gasteiger partial charge in [-0.2, -0.15) is 8.78 Å². The first-order valence-corrected chi connectivity index (χ1v) is 10.3. The Morgan fingerprint density at radius 3 is 2.58 bits per heavy atom. The Balaban J connectivity index is 1.68. The zero-order valence-electron chi connectivity index (χ0n) is 15.3. The van der Waals surface area contributed by atoms with Crippen LogP contribution in [0.15, 0.2) is 24.4 Å². The molecule has 0 spiro atoms. The van der Waals surface area contributed by atoms with E-state index in [4.69, 9.17) is 27.9 Å². The van der Waals surface area contributed by atoms with Crippen LogP contribution in [0.5, 0.6) is 17.4 Å². The van der Waals surface area contributed by atoms with E-state index in [-0.39, 0.29) is 27.1 Å². The number of hydrogen-bond acceptors (Lipinski definition) is 5. The number of hydrogen-bond donors (Lipinski definition) is 1. The van der Waals surface area contributed by atoms with Gasteiger partial charge in [0, 0.05) is 17.4 Å². The quantitative estimate of drug-likeness (QED) is 0.329. The van der Waals surface area contributed by atoms with E-state index in [2.05, 4.69) is 14.4 Å². The highest BCUT2D eigenvalue weighted by atomic mass is 35.5. The second-order valence-corrected chi connectivity index (χ2v) is 8.34. The molecule has 2 aromatic rings. The van der Waals surface area contributed by atoms with Crippen molar-refractivity contribution in [1.82, 2.24) is 9.71 Å². The van der Waals surface area contributed by atoms with Crippen molar-refractivity contribution in [3.8, 4) is 17.4 Å². The first kappa shape index (κ1) is 23.7. The summed E-state index contributed by atoms with van der Waals surface area (Å²) >= 11 is 13.1. The third-order valence-electron chi connectivity index (χ3n) is 3.84. The van der Waals surface area contributed by atoms with Gasteiger partial charge in [0.05, 0.1) is 16.8 Å². The largest absolute Gasteiger partial charge is 0.470 e. The number of aromatic nitrogens is 1. The summed E-state index contributed by atoms with van der Waals surface area (Å²) in [5.74, 6) is -6.67. The molecule has 0 atom stereocenters. The van der Waals surface area contributed by atoms with Crippen LogP contribution in [0.25, 0.3) is 0 Å². The molecule has 0 unspecified atom stereocenters. The molecule has 1 saturated carbocycles. The summed E-state index contributed by atoms with van der Waals surface area (Å²) in [5.41, 5.74) is -0.273. The normalized spacial score (nSPS) is 13.9. The van der Waals surface area contributed by atoms with Gasteiger partial charge in [-0.25, -0.2) is 18.2 Å². The number of pyridine rings is 1. The predicted octanol–water partition coefficient (Wildman–Crippen LogP) is 6.14. The van der Waals surface area contributed by atoms with Gasteiger partial charge in [-0.3, -0.25) is 9.52 Å². The van der Waals surface area contributed by atoms with E-state index < -0.39 is 36.6 Å². The molecule has 0 saturated heterocycles. The fourth-order valence-electron chi connectivity index (χ4n) is 2.08. The summed E-state index contributed by atoms with van der Waals surface area (Å²) in [6.07, 6.45) is -0.960. The molecule has 168 valence electrons. The standard InChI is InChI=1S/C18H13Cl2F5N2O3S/c19-11-4-10(15(28)27-31-9-1-2-9)13(21)5-14(11)30-8-3-12(20)16(26-6-8)29-7-18(24,25)17(22)23/h3-6,9,17H,1-2,7H2,(H,27,28). The van der Waals surface area contributed by atoms with E-state index in [0.717, 1.165) is 37.2 Å². The topological polar surface area (TPSA) is 60.5 Å². The molecule has 3 rings (SSSR count). The molecule has 0 bridgehead atoms. The average molecular weight is 503 g/mol. The van der Waals surface area contributed by atoms with E-state index in [0.29, 0.717) is 5.25 Å². The van der Waals surface area contributed by atoms with Crippen molar-refractivity contribution in [3.63, 3.8) is 0 Å². The summed E-state index contributed by atoms with van der Waals surface area (Å²) in [4.78, 5) is 15.7. The number of amides is 1. The summed E-state index contributed by atoms with van der Waals surface area (Å²) in [7, 11) is 0. The summed E-state index contributed by atoms with van der Waals surface area (Å²) in [6.45, 7) is -1.63. The third-order valence-corrected chi connectivity index (χ3v) is 5.51. The van der Waals surface area contributed by atoms with Gasteiger partial charge in [-0.05, 0) is 30.9 Å². The zero-order valence-corrected chi connectivity index (χ0v) is 17.6. The third kappa shape index (κ3) is 6.27. The molecule has 1 fully saturated rings. The zero-order chi connectivity index (χ0) is 22.8. The lowest BCUT2D eigenvalue weighted by Gasteiger charge is -2.16. The Morgan fingerprint density at radius 2 is 1.97 bits per heavy atom. The Labute approximate surface area is 187 Å². The predicted molar refractivity (Wildman–Crippen MR) is 105 cm³/mol. The van der Waals surface area contributed by atoms with Gasteiger partial charge in [0.1, 0.15) is 22.3 Å². The van der Waals surface area contributed by atoms with Crippen molar-refractivity contribution in [1.29, 1.82) is 0 Å². The smallest absolute Gasteiger partial charge is 0.340 e. The van der Waals surface area contributed by atoms with E-state index in [1.807, 2.05) is 0 Å². The van der Waals surface area contributed by atoms with Crippen molar-refractivity contribution < 1.29 is 36.2 Å². The monoisotopic (exact) mass is 502 g/mol. The van der Waals surface area contributed by atoms with Gasteiger partial charge in [0.15, 0.2) is 6.61 Å². The maximum absolute atomic E-state index is 14.3. The van der Waals surface area contributed by atoms with Crippen LogP contribution in [0, 0.1) is 5.82 Å². The van der Waals surface area contributed by atoms with Crippen molar-refractivity contribution in [2.75, 3.05) is 6.61 Å². The lowest BCUT2D eigenvalue weighted by Crippen LogP contribution is -2.33. The minimum absolute atomic E-state index is 0.0687. The van der Waals surface area contributed by atoms with Gasteiger partial charge < -0.3 is 9.47 Å². The summed E-state index contributed by atoms with van der Waals surface area (Å²) in [5, 5.41) is -0.0702. The number of nitrogens with zero attached hydrogens (tertiary/aromatic N) is 1. The Morgan fingerprint density at radius 1 is 1.26 bits per heavy atom. The molecule has 1 aromatic carbocycles. The number of carbonyl (C=O) groups excluding carboxylic acids is 1. The van der Waals surface area contributed by atoms with Gasteiger partial charge in [-0.15, -0.1) is 0 Å². The van der Waals surface area contributed by atoms with Crippen LogP contribution in [0.2, 0.25) is 10.0 Å². The SMILES string of the molecule is O=C(NSC1CC1)c1cc(Cl)c(Oc2cnc(OCC(F)(F)C(F)F)c(Cl)c2)cc1F. The van der Waals surface area contributed by atoms with Crippen molar-refractivity contribution in [2.45, 2.75) is 30.4 Å². The fourth-order valence-corrected chi connectivity index (χ4v) is 3.25. The van der Waals surface area contributed by atoms with E-state index in [1.54, 1.807) is 0 Å². The molecule has 13 heteroatoms. The number of ether oxygens (including phenoxy) is 2. The molecule has 1 N–H and O–H groups in total. The van der Waals surface area contributed by atoms with Crippen molar-refractivity contribution in [2.24, 2.45) is 0 Å². The van der Waals surface area contributed by atoms with Crippen LogP contribution in [-0.2, 0) is 0 Å². The van der Waals surface area contributed by atoms with Crippen molar-refractivity contribution >= 4 is 41.1 Å². The van der Waals surface area contributed by atoms with Crippen LogP contribution in [0.1, 0.15) is 23.2 Å². The summed E-state index contributed by atoms with van der Waals surface area (Å²) < 4.78 is 77.0. The van der Waals surface area contributed by atoms with E-state index >= 15 is 0 Å². The molecule has 1 amide bonds. The van der Waals surface area contributed by atoms with Crippen molar-refractivity contribution in [3.05, 3.63) is 45.8 Å². The first-order chi connectivity index (χ1) is 14.6. The molecule has 31 heavy (non-hydrogen) atoms. The number of rotatable bonds is 9. The Kier molecular flexibility index (Phi) is 7.38. The second-order valence-electron chi connectivity index (χ2n) is 6.42. The second kappa shape index (κ2) is 9.66. The number of alkyl halides is 4. The lowest BCUT2D eigenvalue weighted by molar-refractivity contribution is -0.148. The summed E-state index contributed by atoms with van der Waals surface area (Å²) in [6, 6.07) is 3.07. The Bertz CT molecular complexity index is 979.